The number of carbonyl (C=O) groups excluding carboxylic acids is 2. The Morgan fingerprint density at radius 1 is 1.06 bits per heavy atom. The van der Waals surface area contributed by atoms with E-state index in [4.69, 9.17) is 0 Å². The van der Waals surface area contributed by atoms with Crippen molar-refractivity contribution >= 4 is 11.8 Å². The van der Waals surface area contributed by atoms with Crippen LogP contribution in [0.3, 0.4) is 0 Å². The number of carbonyl (C=O) groups is 2. The van der Waals surface area contributed by atoms with Gasteiger partial charge in [-0.1, -0.05) is 0 Å². The normalized spacial score (nSPS) is 40.6. The van der Waals surface area contributed by atoms with Gasteiger partial charge in [0.25, 0.3) is 0 Å². The van der Waals surface area contributed by atoms with E-state index in [-0.39, 0.29) is 23.9 Å². The molecule has 4 bridgehead atoms. The smallest absolute Gasteiger partial charge is 0.315 e. The minimum Gasteiger partial charge on any atom is -0.333 e. The molecule has 0 aromatic carbocycles. The van der Waals surface area contributed by atoms with Crippen LogP contribution >= 0.6 is 0 Å². The highest BCUT2D eigenvalue weighted by molar-refractivity contribution is 5.84. The predicted octanol–water partition coefficient (Wildman–Crippen LogP) is 1.84. The Morgan fingerprint density at radius 3 is 2.00 bits per heavy atom. The lowest BCUT2D eigenvalue weighted by Gasteiger charge is -2.56. The van der Waals surface area contributed by atoms with E-state index in [1.165, 1.54) is 26.2 Å². The average Bonchev–Trinajstić information content (AvgIpc) is 2.23. The minimum absolute atomic E-state index is 0.00402. The fraction of sp³-hybridized carbons (Fsp3) is 0.857. The number of Topliss-reactive ketones (excluding diaryl/α,β-unsaturated/α-hetero) is 1. The summed E-state index contributed by atoms with van der Waals surface area (Å²) in [7, 11) is 0. The van der Waals surface area contributed by atoms with Gasteiger partial charge in [-0.3, -0.25) is 4.79 Å². The van der Waals surface area contributed by atoms with Crippen LogP contribution in [0.1, 0.15) is 45.4 Å². The third-order valence-electron chi connectivity index (χ3n) is 4.91. The zero-order valence-corrected chi connectivity index (χ0v) is 11.0. The van der Waals surface area contributed by atoms with Crippen LogP contribution in [-0.4, -0.2) is 23.9 Å². The average molecular weight is 250 g/mol. The van der Waals surface area contributed by atoms with Crippen LogP contribution in [0.2, 0.25) is 0 Å². The molecule has 2 N–H and O–H groups in total. The predicted molar refractivity (Wildman–Crippen MR) is 68.1 cm³/mol. The van der Waals surface area contributed by atoms with E-state index in [1.807, 2.05) is 0 Å². The standard InChI is InChI=1S/C14H22N2O2/c1-9(17)8-15-13(18)16-14-5-10-2-11(6-14)4-12(3-10)7-14/h10-12H,2-8H2,1H3,(H2,15,16,18). The SMILES string of the molecule is CC(=O)CNC(=O)NC12CC3CC(CC(C3)C1)C2. The number of urea groups is 1. The lowest BCUT2D eigenvalue weighted by Crippen LogP contribution is -2.61. The summed E-state index contributed by atoms with van der Waals surface area (Å²) in [5.74, 6) is 2.47. The van der Waals surface area contributed by atoms with Crippen molar-refractivity contribution in [2.24, 2.45) is 17.8 Å². The lowest BCUT2D eigenvalue weighted by atomic mass is 9.53. The number of nitrogens with one attached hydrogen (secondary N) is 2. The Kier molecular flexibility index (Phi) is 2.83. The molecule has 4 aliphatic rings. The number of amides is 2. The van der Waals surface area contributed by atoms with Gasteiger partial charge in [0.2, 0.25) is 0 Å². The molecule has 100 valence electrons. The van der Waals surface area contributed by atoms with Gasteiger partial charge in [0.15, 0.2) is 0 Å². The molecule has 0 heterocycles. The van der Waals surface area contributed by atoms with Crippen LogP contribution in [0, 0.1) is 17.8 Å². The van der Waals surface area contributed by atoms with E-state index in [9.17, 15) is 9.59 Å². The Bertz CT molecular complexity index is 343. The van der Waals surface area contributed by atoms with E-state index in [1.54, 1.807) is 0 Å². The third-order valence-corrected chi connectivity index (χ3v) is 4.91. The quantitative estimate of drug-likeness (QED) is 0.803. The van der Waals surface area contributed by atoms with Crippen LogP contribution in [0.4, 0.5) is 4.79 Å². The summed E-state index contributed by atoms with van der Waals surface area (Å²) in [4.78, 5) is 22.7. The first-order valence-corrected chi connectivity index (χ1v) is 7.10. The van der Waals surface area contributed by atoms with Crippen molar-refractivity contribution in [1.29, 1.82) is 0 Å². The Balaban J connectivity index is 1.61. The highest BCUT2D eigenvalue weighted by Gasteiger charge is 2.51. The molecule has 2 amide bonds. The largest absolute Gasteiger partial charge is 0.333 e. The van der Waals surface area contributed by atoms with Gasteiger partial charge in [0, 0.05) is 5.54 Å². The van der Waals surface area contributed by atoms with Crippen molar-refractivity contribution in [3.63, 3.8) is 0 Å². The van der Waals surface area contributed by atoms with E-state index >= 15 is 0 Å². The van der Waals surface area contributed by atoms with Gasteiger partial charge in [0.1, 0.15) is 5.78 Å². The molecule has 0 aromatic heterocycles. The van der Waals surface area contributed by atoms with Crippen molar-refractivity contribution in [3.05, 3.63) is 0 Å². The fourth-order valence-electron chi connectivity index (χ4n) is 4.75. The van der Waals surface area contributed by atoms with Crippen LogP contribution in [-0.2, 0) is 4.79 Å². The Labute approximate surface area is 108 Å². The number of rotatable bonds is 3. The molecule has 4 saturated carbocycles. The van der Waals surface area contributed by atoms with Crippen LogP contribution in [0.15, 0.2) is 0 Å². The number of hydrogen-bond donors (Lipinski definition) is 2. The summed E-state index contributed by atoms with van der Waals surface area (Å²) >= 11 is 0. The Morgan fingerprint density at radius 2 is 1.56 bits per heavy atom. The molecule has 4 heteroatoms. The van der Waals surface area contributed by atoms with E-state index in [0.717, 1.165) is 37.0 Å². The fourth-order valence-corrected chi connectivity index (χ4v) is 4.75. The summed E-state index contributed by atoms with van der Waals surface area (Å²) in [6.45, 7) is 1.63. The third kappa shape index (κ3) is 2.25. The lowest BCUT2D eigenvalue weighted by molar-refractivity contribution is -0.116. The van der Waals surface area contributed by atoms with E-state index in [0.29, 0.717) is 0 Å². The van der Waals surface area contributed by atoms with Crippen molar-refractivity contribution in [1.82, 2.24) is 10.6 Å². The topological polar surface area (TPSA) is 58.2 Å². The molecule has 0 unspecified atom stereocenters. The van der Waals surface area contributed by atoms with E-state index in [2.05, 4.69) is 10.6 Å². The zero-order chi connectivity index (χ0) is 12.8. The molecule has 4 aliphatic carbocycles. The summed E-state index contributed by atoms with van der Waals surface area (Å²) < 4.78 is 0. The molecule has 0 spiro atoms. The second-order valence-electron chi connectivity index (χ2n) is 6.71. The van der Waals surface area contributed by atoms with Gasteiger partial charge in [-0.25, -0.2) is 4.79 Å². The highest BCUT2D eigenvalue weighted by atomic mass is 16.2. The molecule has 4 nitrogen and oxygen atoms in total. The molecule has 18 heavy (non-hydrogen) atoms. The van der Waals surface area contributed by atoms with Gasteiger partial charge in [-0.15, -0.1) is 0 Å². The second-order valence-corrected chi connectivity index (χ2v) is 6.71. The Hall–Kier alpha value is -1.06. The van der Waals surface area contributed by atoms with Gasteiger partial charge >= 0.3 is 6.03 Å². The molecular formula is C14H22N2O2. The summed E-state index contributed by atoms with van der Waals surface area (Å²) in [6.07, 6.45) is 7.55. The van der Waals surface area contributed by atoms with Gasteiger partial charge in [0.05, 0.1) is 6.54 Å². The summed E-state index contributed by atoms with van der Waals surface area (Å²) in [6, 6.07) is -0.160. The monoisotopic (exact) mass is 250 g/mol. The van der Waals surface area contributed by atoms with Crippen LogP contribution in [0.5, 0.6) is 0 Å². The van der Waals surface area contributed by atoms with Gasteiger partial charge in [-0.2, -0.15) is 0 Å². The molecular weight excluding hydrogens is 228 g/mol. The van der Waals surface area contributed by atoms with Crippen LogP contribution in [0.25, 0.3) is 0 Å². The summed E-state index contributed by atoms with van der Waals surface area (Å²) in [5.41, 5.74) is 0.0373. The number of ketones is 1. The van der Waals surface area contributed by atoms with Crippen molar-refractivity contribution in [2.45, 2.75) is 51.0 Å². The first kappa shape index (κ1) is 12.0. The summed E-state index contributed by atoms with van der Waals surface area (Å²) in [5, 5.41) is 5.84. The molecule has 0 aromatic rings. The molecule has 4 fully saturated rings. The first-order valence-electron chi connectivity index (χ1n) is 7.10. The van der Waals surface area contributed by atoms with Crippen molar-refractivity contribution in [3.8, 4) is 0 Å². The number of hydrogen-bond acceptors (Lipinski definition) is 2. The van der Waals surface area contributed by atoms with Crippen molar-refractivity contribution < 1.29 is 9.59 Å². The highest BCUT2D eigenvalue weighted by Crippen LogP contribution is 2.55. The van der Waals surface area contributed by atoms with Gasteiger partial charge < -0.3 is 10.6 Å². The molecule has 0 radical (unpaired) electrons. The molecule has 4 rings (SSSR count). The zero-order valence-electron chi connectivity index (χ0n) is 11.0. The van der Waals surface area contributed by atoms with E-state index < -0.39 is 0 Å². The molecule has 0 atom stereocenters. The maximum absolute atomic E-state index is 11.9. The maximum atomic E-state index is 11.9. The van der Waals surface area contributed by atoms with Crippen molar-refractivity contribution in [2.75, 3.05) is 6.54 Å². The van der Waals surface area contributed by atoms with Gasteiger partial charge in [-0.05, 0) is 63.2 Å². The first-order chi connectivity index (χ1) is 8.55. The minimum atomic E-state index is -0.160. The maximum Gasteiger partial charge on any atom is 0.315 e. The molecule has 0 aliphatic heterocycles. The van der Waals surface area contributed by atoms with Crippen LogP contribution < -0.4 is 10.6 Å². The second kappa shape index (κ2) is 4.25. The molecule has 0 saturated heterocycles.